The van der Waals surface area contributed by atoms with Crippen LogP contribution >= 0.6 is 0 Å². The molecule has 0 spiro atoms. The first-order valence-electron chi connectivity index (χ1n) is 5.89. The second-order valence-electron chi connectivity index (χ2n) is 4.35. The number of nitrogens with zero attached hydrogens (tertiary/aromatic N) is 1. The molecule has 2 rings (SSSR count). The maximum absolute atomic E-state index is 6.15. The second kappa shape index (κ2) is 5.29. The first-order chi connectivity index (χ1) is 7.36. The van der Waals surface area contributed by atoms with Crippen molar-refractivity contribution in [2.45, 2.75) is 25.3 Å². The van der Waals surface area contributed by atoms with Crippen LogP contribution in [0.2, 0.25) is 0 Å². The van der Waals surface area contributed by atoms with Gasteiger partial charge in [-0.05, 0) is 44.5 Å². The third-order valence-corrected chi connectivity index (χ3v) is 3.18. The van der Waals surface area contributed by atoms with Crippen LogP contribution in [0, 0.1) is 0 Å². The summed E-state index contributed by atoms with van der Waals surface area (Å²) in [7, 11) is 0. The molecule has 2 heteroatoms. The van der Waals surface area contributed by atoms with Gasteiger partial charge < -0.3 is 10.6 Å². The number of hydrogen-bond acceptors (Lipinski definition) is 2. The van der Waals surface area contributed by atoms with Gasteiger partial charge >= 0.3 is 0 Å². The number of benzene rings is 1. The third-order valence-electron chi connectivity index (χ3n) is 3.18. The van der Waals surface area contributed by atoms with Crippen LogP contribution in [0.4, 0.5) is 0 Å². The summed E-state index contributed by atoms with van der Waals surface area (Å²) in [5.41, 5.74) is 7.41. The number of rotatable bonds is 4. The summed E-state index contributed by atoms with van der Waals surface area (Å²) in [6.07, 6.45) is 3.80. The van der Waals surface area contributed by atoms with Crippen molar-refractivity contribution in [2.24, 2.45) is 5.73 Å². The zero-order valence-corrected chi connectivity index (χ0v) is 9.23. The van der Waals surface area contributed by atoms with Crippen LogP contribution in [0.5, 0.6) is 0 Å². The van der Waals surface area contributed by atoms with Crippen molar-refractivity contribution in [3.05, 3.63) is 35.9 Å². The van der Waals surface area contributed by atoms with Gasteiger partial charge in [0.05, 0.1) is 0 Å². The summed E-state index contributed by atoms with van der Waals surface area (Å²) >= 11 is 0. The summed E-state index contributed by atoms with van der Waals surface area (Å²) in [6.45, 7) is 3.68. The average Bonchev–Trinajstić information content (AvgIpc) is 2.80. The molecule has 1 heterocycles. The number of nitrogens with two attached hydrogens (primary N) is 1. The first-order valence-corrected chi connectivity index (χ1v) is 5.89. The van der Waals surface area contributed by atoms with E-state index in [1.807, 2.05) is 6.07 Å². The van der Waals surface area contributed by atoms with Gasteiger partial charge in [-0.25, -0.2) is 0 Å². The van der Waals surface area contributed by atoms with E-state index in [2.05, 4.69) is 29.2 Å². The topological polar surface area (TPSA) is 29.3 Å². The number of hydrogen-bond donors (Lipinski definition) is 1. The molecule has 15 heavy (non-hydrogen) atoms. The monoisotopic (exact) mass is 204 g/mol. The van der Waals surface area contributed by atoms with E-state index in [0.29, 0.717) is 0 Å². The molecule has 0 aromatic heterocycles. The molecule has 0 aliphatic carbocycles. The quantitative estimate of drug-likeness (QED) is 0.814. The molecule has 0 saturated carbocycles. The number of likely N-dealkylation sites (tertiary alicyclic amines) is 1. The second-order valence-corrected chi connectivity index (χ2v) is 4.35. The summed E-state index contributed by atoms with van der Waals surface area (Å²) in [5, 5.41) is 0. The molecule has 0 radical (unpaired) electrons. The minimum absolute atomic E-state index is 0.201. The van der Waals surface area contributed by atoms with E-state index in [1.54, 1.807) is 0 Å². The Kier molecular flexibility index (Phi) is 3.75. The lowest BCUT2D eigenvalue weighted by Crippen LogP contribution is -2.24. The van der Waals surface area contributed by atoms with Gasteiger partial charge in [-0.1, -0.05) is 30.3 Å². The molecule has 2 N–H and O–H groups in total. The largest absolute Gasteiger partial charge is 0.324 e. The predicted octanol–water partition coefficient (Wildman–Crippen LogP) is 2.17. The van der Waals surface area contributed by atoms with Gasteiger partial charge in [-0.15, -0.1) is 0 Å². The minimum Gasteiger partial charge on any atom is -0.324 e. The Morgan fingerprint density at radius 3 is 2.47 bits per heavy atom. The molecule has 1 aromatic carbocycles. The summed E-state index contributed by atoms with van der Waals surface area (Å²) in [6, 6.07) is 10.6. The Morgan fingerprint density at radius 1 is 1.13 bits per heavy atom. The lowest BCUT2D eigenvalue weighted by atomic mass is 10.0. The van der Waals surface area contributed by atoms with E-state index in [9.17, 15) is 0 Å². The normalized spacial score (nSPS) is 19.3. The van der Waals surface area contributed by atoms with Gasteiger partial charge in [0.15, 0.2) is 0 Å². The Morgan fingerprint density at radius 2 is 1.80 bits per heavy atom. The summed E-state index contributed by atoms with van der Waals surface area (Å²) in [4.78, 5) is 2.52. The van der Waals surface area contributed by atoms with Crippen molar-refractivity contribution in [3.8, 4) is 0 Å². The lowest BCUT2D eigenvalue weighted by Gasteiger charge is -2.18. The molecular weight excluding hydrogens is 184 g/mol. The standard InChI is InChI=1S/C13H20N2/c14-13(12-6-2-1-3-7-12)8-11-15-9-4-5-10-15/h1-3,6-7,13H,4-5,8-11,14H2/t13-/m0/s1. The molecule has 0 amide bonds. The van der Waals surface area contributed by atoms with Crippen LogP contribution in [0.1, 0.15) is 30.9 Å². The fourth-order valence-corrected chi connectivity index (χ4v) is 2.19. The van der Waals surface area contributed by atoms with Crippen molar-refractivity contribution in [2.75, 3.05) is 19.6 Å². The molecule has 1 aromatic rings. The minimum atomic E-state index is 0.201. The van der Waals surface area contributed by atoms with E-state index >= 15 is 0 Å². The van der Waals surface area contributed by atoms with Gasteiger partial charge in [-0.2, -0.15) is 0 Å². The molecule has 0 unspecified atom stereocenters. The lowest BCUT2D eigenvalue weighted by molar-refractivity contribution is 0.322. The maximum atomic E-state index is 6.15. The van der Waals surface area contributed by atoms with Crippen molar-refractivity contribution in [1.82, 2.24) is 4.90 Å². The smallest absolute Gasteiger partial charge is 0.0307 e. The third kappa shape index (κ3) is 3.05. The molecule has 0 bridgehead atoms. The molecule has 1 saturated heterocycles. The van der Waals surface area contributed by atoms with Crippen molar-refractivity contribution >= 4 is 0 Å². The van der Waals surface area contributed by atoms with E-state index < -0.39 is 0 Å². The van der Waals surface area contributed by atoms with Crippen LogP contribution in [-0.2, 0) is 0 Å². The van der Waals surface area contributed by atoms with Crippen LogP contribution in [-0.4, -0.2) is 24.5 Å². The molecule has 1 atom stereocenters. The summed E-state index contributed by atoms with van der Waals surface area (Å²) < 4.78 is 0. The van der Waals surface area contributed by atoms with E-state index in [0.717, 1.165) is 13.0 Å². The van der Waals surface area contributed by atoms with E-state index in [4.69, 9.17) is 5.73 Å². The van der Waals surface area contributed by atoms with Crippen molar-refractivity contribution in [3.63, 3.8) is 0 Å². The SMILES string of the molecule is N[C@@H](CCN1CCCC1)c1ccccc1. The highest BCUT2D eigenvalue weighted by Crippen LogP contribution is 2.15. The first kappa shape index (κ1) is 10.7. The molecule has 1 aliphatic rings. The van der Waals surface area contributed by atoms with Gasteiger partial charge in [0.2, 0.25) is 0 Å². The van der Waals surface area contributed by atoms with Gasteiger partial charge in [0, 0.05) is 6.04 Å². The molecule has 2 nitrogen and oxygen atoms in total. The highest BCUT2D eigenvalue weighted by atomic mass is 15.1. The van der Waals surface area contributed by atoms with E-state index in [1.165, 1.54) is 31.5 Å². The molecule has 1 fully saturated rings. The van der Waals surface area contributed by atoms with Gasteiger partial charge in [0.1, 0.15) is 0 Å². The van der Waals surface area contributed by atoms with Gasteiger partial charge in [0.25, 0.3) is 0 Å². The van der Waals surface area contributed by atoms with Crippen LogP contribution in [0.15, 0.2) is 30.3 Å². The fourth-order valence-electron chi connectivity index (χ4n) is 2.19. The zero-order chi connectivity index (χ0) is 10.5. The predicted molar refractivity (Wildman–Crippen MR) is 63.7 cm³/mol. The summed E-state index contributed by atoms with van der Waals surface area (Å²) in [5.74, 6) is 0. The van der Waals surface area contributed by atoms with Crippen molar-refractivity contribution in [1.29, 1.82) is 0 Å². The van der Waals surface area contributed by atoms with Crippen LogP contribution in [0.25, 0.3) is 0 Å². The van der Waals surface area contributed by atoms with E-state index in [-0.39, 0.29) is 6.04 Å². The van der Waals surface area contributed by atoms with Crippen molar-refractivity contribution < 1.29 is 0 Å². The highest BCUT2D eigenvalue weighted by Gasteiger charge is 2.13. The maximum Gasteiger partial charge on any atom is 0.0307 e. The Bertz CT molecular complexity index is 278. The Hall–Kier alpha value is -0.860. The molecular formula is C13H20N2. The Balaban J connectivity index is 1.79. The van der Waals surface area contributed by atoms with Crippen LogP contribution in [0.3, 0.4) is 0 Å². The zero-order valence-electron chi connectivity index (χ0n) is 9.23. The van der Waals surface area contributed by atoms with Crippen LogP contribution < -0.4 is 5.73 Å². The average molecular weight is 204 g/mol. The Labute approximate surface area is 92.1 Å². The molecule has 1 aliphatic heterocycles. The highest BCUT2D eigenvalue weighted by molar-refractivity contribution is 5.18. The fraction of sp³-hybridized carbons (Fsp3) is 0.538. The van der Waals surface area contributed by atoms with Gasteiger partial charge in [-0.3, -0.25) is 0 Å². The molecule has 82 valence electrons.